The van der Waals surface area contributed by atoms with Gasteiger partial charge in [-0.15, -0.1) is 24.8 Å². The van der Waals surface area contributed by atoms with Gasteiger partial charge in [-0.3, -0.25) is 4.79 Å². The van der Waals surface area contributed by atoms with Crippen LogP contribution in [0.3, 0.4) is 0 Å². The monoisotopic (exact) mass is 319 g/mol. The molecule has 1 aliphatic heterocycles. The Morgan fingerprint density at radius 3 is 2.64 bits per heavy atom. The zero-order chi connectivity index (χ0) is 16.1. The fourth-order valence-corrected chi connectivity index (χ4v) is 3.09. The van der Waals surface area contributed by atoms with Crippen molar-refractivity contribution in [3.63, 3.8) is 0 Å². The number of phenols is 1. The molecule has 0 saturated heterocycles. The summed E-state index contributed by atoms with van der Waals surface area (Å²) in [6, 6.07) is 1.92. The lowest BCUT2D eigenvalue weighted by Crippen LogP contribution is -2.36. The van der Waals surface area contributed by atoms with Crippen LogP contribution in [0.15, 0.2) is 31.4 Å². The fraction of sp³-hybridized carbons (Fsp3) is 0.389. The molecule has 1 N–H and O–H groups in total. The van der Waals surface area contributed by atoms with E-state index in [1.807, 2.05) is 6.07 Å². The van der Waals surface area contributed by atoms with Crippen molar-refractivity contribution in [1.29, 1.82) is 0 Å². The number of carbonyl (C=O) groups is 1. The van der Waals surface area contributed by atoms with Crippen LogP contribution in [-0.4, -0.2) is 23.4 Å². The molecule has 0 aliphatic carbocycles. The van der Waals surface area contributed by atoms with Crippen LogP contribution in [0.25, 0.3) is 0 Å². The first kappa shape index (κ1) is 16.6. The van der Waals surface area contributed by atoms with Gasteiger partial charge in [0.15, 0.2) is 0 Å². The molecule has 22 heavy (non-hydrogen) atoms. The molecule has 1 heterocycles. The van der Waals surface area contributed by atoms with Crippen molar-refractivity contribution in [2.24, 2.45) is 0 Å². The summed E-state index contributed by atoms with van der Waals surface area (Å²) in [7, 11) is 0. The summed E-state index contributed by atoms with van der Waals surface area (Å²) < 4.78 is 0. The van der Waals surface area contributed by atoms with Gasteiger partial charge in [0.25, 0.3) is 0 Å². The van der Waals surface area contributed by atoms with E-state index in [1.54, 1.807) is 17.1 Å². The summed E-state index contributed by atoms with van der Waals surface area (Å²) in [4.78, 5) is 14.1. The lowest BCUT2D eigenvalue weighted by atomic mass is 9.90. The highest BCUT2D eigenvalue weighted by Crippen LogP contribution is 2.39. The maximum absolute atomic E-state index is 12.3. The number of phenolic OH excluding ortho intramolecular Hbond substituents is 1. The first-order valence-corrected chi connectivity index (χ1v) is 8.12. The highest BCUT2D eigenvalue weighted by atomic mass is 35.5. The lowest BCUT2D eigenvalue weighted by molar-refractivity contribution is -0.118. The van der Waals surface area contributed by atoms with E-state index in [2.05, 4.69) is 13.2 Å². The number of nitrogens with zero attached hydrogens (tertiary/aromatic N) is 1. The minimum Gasteiger partial charge on any atom is -0.507 e. The van der Waals surface area contributed by atoms with Gasteiger partial charge in [-0.1, -0.05) is 12.2 Å². The maximum atomic E-state index is 12.3. The zero-order valence-corrected chi connectivity index (χ0v) is 13.5. The Morgan fingerprint density at radius 2 is 2.00 bits per heavy atom. The largest absolute Gasteiger partial charge is 0.507 e. The number of hydrogen-bond acceptors (Lipinski definition) is 2. The number of alkyl halides is 1. The van der Waals surface area contributed by atoms with Gasteiger partial charge >= 0.3 is 0 Å². The van der Waals surface area contributed by atoms with E-state index in [9.17, 15) is 9.90 Å². The second-order valence-corrected chi connectivity index (χ2v) is 5.81. The highest BCUT2D eigenvalue weighted by molar-refractivity contribution is 6.17. The third kappa shape index (κ3) is 3.20. The molecule has 3 nitrogen and oxygen atoms in total. The molecule has 0 saturated carbocycles. The van der Waals surface area contributed by atoms with E-state index in [0.29, 0.717) is 43.9 Å². The second-order valence-electron chi connectivity index (χ2n) is 5.43. The first-order valence-electron chi connectivity index (χ1n) is 7.58. The van der Waals surface area contributed by atoms with E-state index in [1.165, 1.54) is 0 Å². The Bertz CT molecular complexity index is 595. The van der Waals surface area contributed by atoms with Crippen LogP contribution in [0.1, 0.15) is 29.5 Å². The molecule has 1 aromatic carbocycles. The number of benzene rings is 1. The van der Waals surface area contributed by atoms with Crippen molar-refractivity contribution in [2.75, 3.05) is 17.3 Å². The Hall–Kier alpha value is -1.74. The van der Waals surface area contributed by atoms with Gasteiger partial charge in [0.05, 0.1) is 0 Å². The van der Waals surface area contributed by atoms with Gasteiger partial charge in [0.2, 0.25) is 5.91 Å². The predicted molar refractivity (Wildman–Crippen MR) is 91.9 cm³/mol. The topological polar surface area (TPSA) is 40.5 Å². The SMILES string of the molecule is C=CCc1cc2c(c(CC=C)c1O)CCC(=O)N2CCCCl. The predicted octanol–water partition coefficient (Wildman–Crippen LogP) is 3.76. The molecule has 4 heteroatoms. The number of rotatable bonds is 7. The maximum Gasteiger partial charge on any atom is 0.227 e. The molecule has 0 bridgehead atoms. The summed E-state index contributed by atoms with van der Waals surface area (Å²) in [6.07, 6.45) is 6.59. The summed E-state index contributed by atoms with van der Waals surface area (Å²) in [6.45, 7) is 8.13. The van der Waals surface area contributed by atoms with E-state index >= 15 is 0 Å². The molecule has 0 fully saturated rings. The van der Waals surface area contributed by atoms with Gasteiger partial charge in [-0.05, 0) is 42.9 Å². The number of aromatic hydroxyl groups is 1. The molecule has 1 aliphatic rings. The summed E-state index contributed by atoms with van der Waals surface area (Å²) in [5, 5.41) is 10.5. The van der Waals surface area contributed by atoms with Crippen molar-refractivity contribution in [3.8, 4) is 5.75 Å². The number of amides is 1. The molecular weight excluding hydrogens is 298 g/mol. The van der Waals surface area contributed by atoms with Gasteiger partial charge in [-0.25, -0.2) is 0 Å². The smallest absolute Gasteiger partial charge is 0.227 e. The van der Waals surface area contributed by atoms with Crippen LogP contribution in [0.4, 0.5) is 5.69 Å². The third-order valence-corrected chi connectivity index (χ3v) is 4.25. The van der Waals surface area contributed by atoms with Gasteiger partial charge in [-0.2, -0.15) is 0 Å². The number of carbonyl (C=O) groups excluding carboxylic acids is 1. The van der Waals surface area contributed by atoms with Crippen molar-refractivity contribution in [1.82, 2.24) is 0 Å². The van der Waals surface area contributed by atoms with Crippen LogP contribution < -0.4 is 4.90 Å². The number of fused-ring (bicyclic) bond motifs is 1. The number of anilines is 1. The second kappa shape index (κ2) is 7.50. The Kier molecular flexibility index (Phi) is 5.67. The molecule has 1 aromatic rings. The summed E-state index contributed by atoms with van der Waals surface area (Å²) >= 11 is 5.78. The minimum atomic E-state index is 0.123. The summed E-state index contributed by atoms with van der Waals surface area (Å²) in [5.41, 5.74) is 3.65. The molecule has 0 spiro atoms. The van der Waals surface area contributed by atoms with Crippen molar-refractivity contribution >= 4 is 23.2 Å². The summed E-state index contributed by atoms with van der Waals surface area (Å²) in [5.74, 6) is 0.957. The van der Waals surface area contributed by atoms with Crippen LogP contribution >= 0.6 is 11.6 Å². The Morgan fingerprint density at radius 1 is 1.27 bits per heavy atom. The standard InChI is InChI=1S/C18H22ClNO2/c1-3-6-13-12-16-14(15(7-4-2)18(13)22)8-9-17(21)20(16)11-5-10-19/h3-4,12,22H,1-2,5-11H2. The molecule has 0 unspecified atom stereocenters. The van der Waals surface area contributed by atoms with Crippen LogP contribution in [0.2, 0.25) is 0 Å². The van der Waals surface area contributed by atoms with Crippen LogP contribution in [0, 0.1) is 0 Å². The fourth-order valence-electron chi connectivity index (χ4n) is 2.97. The average Bonchev–Trinajstić information content (AvgIpc) is 2.51. The number of halogens is 1. The molecule has 1 amide bonds. The lowest BCUT2D eigenvalue weighted by Gasteiger charge is -2.32. The quantitative estimate of drug-likeness (QED) is 0.614. The van der Waals surface area contributed by atoms with E-state index in [0.717, 1.165) is 28.8 Å². The number of hydrogen-bond donors (Lipinski definition) is 1. The van der Waals surface area contributed by atoms with Crippen molar-refractivity contribution in [2.45, 2.75) is 32.1 Å². The Labute approximate surface area is 136 Å². The first-order chi connectivity index (χ1) is 10.6. The number of allylic oxidation sites excluding steroid dienone is 2. The van der Waals surface area contributed by atoms with Gasteiger partial charge < -0.3 is 10.0 Å². The van der Waals surface area contributed by atoms with E-state index < -0.39 is 0 Å². The average molecular weight is 320 g/mol. The molecule has 118 valence electrons. The Balaban J connectivity index is 2.56. The molecular formula is C18H22ClNO2. The molecule has 0 atom stereocenters. The van der Waals surface area contributed by atoms with E-state index in [4.69, 9.17) is 11.6 Å². The molecule has 0 radical (unpaired) electrons. The van der Waals surface area contributed by atoms with Crippen molar-refractivity contribution in [3.05, 3.63) is 48.1 Å². The molecule has 0 aromatic heterocycles. The van der Waals surface area contributed by atoms with Crippen molar-refractivity contribution < 1.29 is 9.90 Å². The zero-order valence-electron chi connectivity index (χ0n) is 12.8. The normalized spacial score (nSPS) is 13.9. The van der Waals surface area contributed by atoms with Crippen LogP contribution in [0.5, 0.6) is 5.75 Å². The molecule has 2 rings (SSSR count). The highest BCUT2D eigenvalue weighted by Gasteiger charge is 2.28. The van der Waals surface area contributed by atoms with Crippen LogP contribution in [-0.2, 0) is 24.1 Å². The third-order valence-electron chi connectivity index (χ3n) is 3.98. The van der Waals surface area contributed by atoms with Gasteiger partial charge in [0.1, 0.15) is 5.75 Å². The van der Waals surface area contributed by atoms with E-state index in [-0.39, 0.29) is 5.91 Å². The van der Waals surface area contributed by atoms with Gasteiger partial charge in [0, 0.05) is 30.1 Å². The minimum absolute atomic E-state index is 0.123.